The van der Waals surface area contributed by atoms with Crippen molar-refractivity contribution in [2.75, 3.05) is 47.1 Å². The Labute approximate surface area is 175 Å². The fourth-order valence-electron chi connectivity index (χ4n) is 3.77. The minimum Gasteiger partial charge on any atom is -0.497 e. The van der Waals surface area contributed by atoms with Crippen molar-refractivity contribution in [1.82, 2.24) is 19.6 Å². The van der Waals surface area contributed by atoms with E-state index in [1.165, 1.54) is 0 Å². The zero-order valence-electron chi connectivity index (χ0n) is 17.3. The van der Waals surface area contributed by atoms with Gasteiger partial charge in [0, 0.05) is 25.7 Å². The molecular weight excluding hydrogens is 388 g/mol. The highest BCUT2D eigenvalue weighted by molar-refractivity contribution is 5.92. The Bertz CT molecular complexity index is 913. The van der Waals surface area contributed by atoms with E-state index >= 15 is 0 Å². The van der Waals surface area contributed by atoms with Crippen molar-refractivity contribution in [3.63, 3.8) is 0 Å². The van der Waals surface area contributed by atoms with E-state index in [1.54, 1.807) is 36.2 Å². The number of carbonyl (C=O) groups is 2. The van der Waals surface area contributed by atoms with Gasteiger partial charge in [-0.05, 0) is 23.8 Å². The number of aromatic nitrogens is 2. The largest absolute Gasteiger partial charge is 0.497 e. The van der Waals surface area contributed by atoms with Crippen molar-refractivity contribution in [3.8, 4) is 11.5 Å². The average Bonchev–Trinajstić information content (AvgIpc) is 3.22. The smallest absolute Gasteiger partial charge is 0.274 e. The summed E-state index contributed by atoms with van der Waals surface area (Å²) in [5, 5.41) is 4.46. The molecule has 1 saturated heterocycles. The molecule has 0 aliphatic carbocycles. The number of benzene rings is 1. The minimum atomic E-state index is -0.0819. The number of hydrogen-bond donors (Lipinski definition) is 0. The molecule has 9 heteroatoms. The molecule has 2 aliphatic heterocycles. The van der Waals surface area contributed by atoms with Gasteiger partial charge in [0.25, 0.3) is 5.91 Å². The highest BCUT2D eigenvalue weighted by Crippen LogP contribution is 2.24. The molecule has 2 aromatic rings. The zero-order chi connectivity index (χ0) is 21.1. The van der Waals surface area contributed by atoms with Gasteiger partial charge in [-0.2, -0.15) is 5.10 Å². The highest BCUT2D eigenvalue weighted by atomic mass is 16.5. The molecule has 0 radical (unpaired) electrons. The third-order valence-electron chi connectivity index (χ3n) is 5.43. The normalized spacial score (nSPS) is 16.2. The number of fused-ring (bicyclic) bond motifs is 1. The van der Waals surface area contributed by atoms with Gasteiger partial charge in [-0.1, -0.05) is 0 Å². The summed E-state index contributed by atoms with van der Waals surface area (Å²) in [7, 11) is 3.17. The molecule has 160 valence electrons. The second kappa shape index (κ2) is 8.74. The molecule has 0 atom stereocenters. The van der Waals surface area contributed by atoms with Crippen LogP contribution in [0, 0.1) is 0 Å². The van der Waals surface area contributed by atoms with Crippen molar-refractivity contribution < 1.29 is 23.8 Å². The number of nitrogens with zero attached hydrogens (tertiary/aromatic N) is 4. The molecule has 3 heterocycles. The van der Waals surface area contributed by atoms with Crippen molar-refractivity contribution in [1.29, 1.82) is 0 Å². The molecule has 1 fully saturated rings. The lowest BCUT2D eigenvalue weighted by Crippen LogP contribution is -2.41. The molecule has 9 nitrogen and oxygen atoms in total. The van der Waals surface area contributed by atoms with Crippen LogP contribution in [0.15, 0.2) is 24.3 Å². The molecule has 0 spiro atoms. The Morgan fingerprint density at radius 2 is 1.67 bits per heavy atom. The van der Waals surface area contributed by atoms with Gasteiger partial charge in [-0.15, -0.1) is 0 Å². The van der Waals surface area contributed by atoms with Gasteiger partial charge in [0.15, 0.2) is 5.69 Å². The van der Waals surface area contributed by atoms with E-state index in [1.807, 2.05) is 16.8 Å². The summed E-state index contributed by atoms with van der Waals surface area (Å²) in [6, 6.07) is 7.26. The van der Waals surface area contributed by atoms with Crippen LogP contribution in [0.5, 0.6) is 11.5 Å². The third kappa shape index (κ3) is 4.25. The third-order valence-corrected chi connectivity index (χ3v) is 5.43. The van der Waals surface area contributed by atoms with Gasteiger partial charge in [-0.3, -0.25) is 14.3 Å². The van der Waals surface area contributed by atoms with Crippen LogP contribution in [0.25, 0.3) is 0 Å². The number of methoxy groups -OCH3 is 2. The molecule has 0 saturated carbocycles. The van der Waals surface area contributed by atoms with Crippen LogP contribution >= 0.6 is 0 Å². The first-order valence-corrected chi connectivity index (χ1v) is 10.0. The molecule has 0 N–H and O–H groups in total. The number of rotatable bonds is 5. The summed E-state index contributed by atoms with van der Waals surface area (Å²) in [6.45, 7) is 3.82. The molecule has 4 rings (SSSR count). The summed E-state index contributed by atoms with van der Waals surface area (Å²) in [6.07, 6.45) is 0.251. The van der Waals surface area contributed by atoms with Crippen LogP contribution < -0.4 is 9.47 Å². The molecule has 2 aliphatic rings. The fourth-order valence-corrected chi connectivity index (χ4v) is 3.77. The summed E-state index contributed by atoms with van der Waals surface area (Å²) < 4.78 is 17.7. The number of hydrogen-bond acceptors (Lipinski definition) is 6. The average molecular weight is 414 g/mol. The molecule has 30 heavy (non-hydrogen) atoms. The van der Waals surface area contributed by atoms with Crippen molar-refractivity contribution in [2.24, 2.45) is 0 Å². The Morgan fingerprint density at radius 1 is 0.967 bits per heavy atom. The minimum absolute atomic E-state index is 0.0128. The predicted molar refractivity (Wildman–Crippen MR) is 108 cm³/mol. The number of amides is 2. The molecule has 0 bridgehead atoms. The van der Waals surface area contributed by atoms with Crippen molar-refractivity contribution in [2.45, 2.75) is 19.5 Å². The molecule has 1 aromatic carbocycles. The first-order chi connectivity index (χ1) is 14.6. The Morgan fingerprint density at radius 3 is 2.33 bits per heavy atom. The van der Waals surface area contributed by atoms with Gasteiger partial charge >= 0.3 is 0 Å². The van der Waals surface area contributed by atoms with Crippen LogP contribution in [0.1, 0.15) is 21.7 Å². The molecular formula is C21H26N4O5. The predicted octanol–water partition coefficient (Wildman–Crippen LogP) is 0.958. The summed E-state index contributed by atoms with van der Waals surface area (Å²) in [5.74, 6) is 1.24. The Kier molecular flexibility index (Phi) is 5.89. The van der Waals surface area contributed by atoms with E-state index in [-0.39, 0.29) is 18.2 Å². The van der Waals surface area contributed by atoms with Gasteiger partial charge in [-0.25, -0.2) is 0 Å². The van der Waals surface area contributed by atoms with E-state index in [4.69, 9.17) is 14.2 Å². The molecule has 2 amide bonds. The lowest BCUT2D eigenvalue weighted by molar-refractivity contribution is -0.132. The van der Waals surface area contributed by atoms with E-state index in [0.717, 1.165) is 11.3 Å². The maximum Gasteiger partial charge on any atom is 0.274 e. The summed E-state index contributed by atoms with van der Waals surface area (Å²) >= 11 is 0. The SMILES string of the molecule is COc1cc(CC(=O)N2CCn3nc(C(=O)N4CCOCC4)cc3C2)cc(OC)c1. The maximum absolute atomic E-state index is 12.9. The van der Waals surface area contributed by atoms with Crippen LogP contribution in [-0.2, 0) is 29.0 Å². The second-order valence-corrected chi connectivity index (χ2v) is 7.36. The van der Waals surface area contributed by atoms with Crippen LogP contribution in [-0.4, -0.2) is 78.5 Å². The fraction of sp³-hybridized carbons (Fsp3) is 0.476. The van der Waals surface area contributed by atoms with E-state index in [2.05, 4.69) is 5.10 Å². The van der Waals surface area contributed by atoms with E-state index in [0.29, 0.717) is 63.1 Å². The van der Waals surface area contributed by atoms with Gasteiger partial charge in [0.2, 0.25) is 5.91 Å². The first kappa shape index (κ1) is 20.2. The lowest BCUT2D eigenvalue weighted by atomic mass is 10.1. The topological polar surface area (TPSA) is 86.1 Å². The number of carbonyl (C=O) groups excluding carboxylic acids is 2. The Hall–Kier alpha value is -3.07. The maximum atomic E-state index is 12.9. The van der Waals surface area contributed by atoms with Gasteiger partial charge in [0.1, 0.15) is 11.5 Å². The van der Waals surface area contributed by atoms with Gasteiger partial charge < -0.3 is 24.0 Å². The Balaban J connectivity index is 1.43. The lowest BCUT2D eigenvalue weighted by Gasteiger charge is -2.27. The van der Waals surface area contributed by atoms with Crippen LogP contribution in [0.2, 0.25) is 0 Å². The molecule has 1 aromatic heterocycles. The molecule has 0 unspecified atom stereocenters. The van der Waals surface area contributed by atoms with Crippen LogP contribution in [0.3, 0.4) is 0 Å². The van der Waals surface area contributed by atoms with Crippen molar-refractivity contribution >= 4 is 11.8 Å². The number of morpholine rings is 1. The number of ether oxygens (including phenoxy) is 3. The van der Waals surface area contributed by atoms with E-state index < -0.39 is 0 Å². The zero-order valence-corrected chi connectivity index (χ0v) is 17.3. The summed E-state index contributed by atoms with van der Waals surface area (Å²) in [5.41, 5.74) is 2.13. The van der Waals surface area contributed by atoms with Crippen LogP contribution in [0.4, 0.5) is 0 Å². The quantitative estimate of drug-likeness (QED) is 0.724. The first-order valence-electron chi connectivity index (χ1n) is 10.0. The van der Waals surface area contributed by atoms with E-state index in [9.17, 15) is 9.59 Å². The summed E-state index contributed by atoms with van der Waals surface area (Å²) in [4.78, 5) is 29.1. The van der Waals surface area contributed by atoms with Crippen molar-refractivity contribution in [3.05, 3.63) is 41.2 Å². The second-order valence-electron chi connectivity index (χ2n) is 7.36. The standard InChI is InChI=1S/C21H26N4O5/c1-28-17-9-15(10-18(13-17)29-2)11-20(26)24-3-4-25-16(14-24)12-19(22-25)21(27)23-5-7-30-8-6-23/h9-10,12-13H,3-8,11,14H2,1-2H3. The van der Waals surface area contributed by atoms with Gasteiger partial charge in [0.05, 0.1) is 52.6 Å². The highest BCUT2D eigenvalue weighted by Gasteiger charge is 2.26. The monoisotopic (exact) mass is 414 g/mol.